The van der Waals surface area contributed by atoms with Crippen LogP contribution >= 0.6 is 11.6 Å². The predicted octanol–water partition coefficient (Wildman–Crippen LogP) is 2.56. The van der Waals surface area contributed by atoms with E-state index in [1.54, 1.807) is 10.9 Å². The Morgan fingerprint density at radius 1 is 1.41 bits per heavy atom. The normalized spacial score (nSPS) is 12.8. The molecule has 0 bridgehead atoms. The summed E-state index contributed by atoms with van der Waals surface area (Å²) in [6.07, 6.45) is 1.73. The molecule has 90 valence electrons. The molecule has 0 unspecified atom stereocenters. The number of aromatic nitrogens is 3. The van der Waals surface area contributed by atoms with Gasteiger partial charge in [0.05, 0.1) is 16.4 Å². The second-order valence-electron chi connectivity index (χ2n) is 4.13. The molecule has 0 amide bonds. The van der Waals surface area contributed by atoms with Crippen LogP contribution < -0.4 is 5.73 Å². The molecule has 0 spiro atoms. The Hall–Kier alpha value is -1.39. The summed E-state index contributed by atoms with van der Waals surface area (Å²) in [4.78, 5) is 4.29. The summed E-state index contributed by atoms with van der Waals surface area (Å²) in [5.41, 5.74) is 8.57. The maximum atomic E-state index is 6.11. The van der Waals surface area contributed by atoms with Gasteiger partial charge >= 0.3 is 0 Å². The van der Waals surface area contributed by atoms with Gasteiger partial charge in [0.15, 0.2) is 5.82 Å². The van der Waals surface area contributed by atoms with E-state index in [1.807, 2.05) is 32.9 Å². The molecule has 4 nitrogen and oxygen atoms in total. The second-order valence-corrected chi connectivity index (χ2v) is 4.51. The lowest BCUT2D eigenvalue weighted by molar-refractivity contribution is 0.780. The zero-order valence-electron chi connectivity index (χ0n) is 10.1. The van der Waals surface area contributed by atoms with E-state index < -0.39 is 0 Å². The highest BCUT2D eigenvalue weighted by Gasteiger charge is 2.12. The van der Waals surface area contributed by atoms with Crippen LogP contribution in [0.3, 0.4) is 0 Å². The van der Waals surface area contributed by atoms with Crippen molar-refractivity contribution < 1.29 is 0 Å². The maximum absolute atomic E-state index is 6.11. The Balaban J connectivity index is 2.53. The Morgan fingerprint density at radius 2 is 2.12 bits per heavy atom. The second kappa shape index (κ2) is 4.47. The van der Waals surface area contributed by atoms with Gasteiger partial charge in [-0.1, -0.05) is 11.6 Å². The first-order valence-electron chi connectivity index (χ1n) is 5.44. The summed E-state index contributed by atoms with van der Waals surface area (Å²) < 4.78 is 1.74. The summed E-state index contributed by atoms with van der Waals surface area (Å²) >= 11 is 6.11. The molecule has 0 aliphatic heterocycles. The standard InChI is InChI=1S/C12H15ClN4/c1-7(14)10-4-5-15-11(6-10)17-9(3)12(13)8(2)16-17/h4-7H,14H2,1-3H3/t7-/m0/s1. The molecular weight excluding hydrogens is 236 g/mol. The van der Waals surface area contributed by atoms with Crippen LogP contribution in [0.25, 0.3) is 5.82 Å². The first-order chi connectivity index (χ1) is 8.00. The van der Waals surface area contributed by atoms with E-state index in [0.29, 0.717) is 5.02 Å². The third kappa shape index (κ3) is 2.18. The van der Waals surface area contributed by atoms with Gasteiger partial charge in [0.2, 0.25) is 0 Å². The van der Waals surface area contributed by atoms with Crippen LogP contribution in [0.2, 0.25) is 5.02 Å². The largest absolute Gasteiger partial charge is 0.324 e. The van der Waals surface area contributed by atoms with Crippen molar-refractivity contribution in [3.63, 3.8) is 0 Å². The SMILES string of the molecule is Cc1nn(-c2cc([C@H](C)N)ccn2)c(C)c1Cl. The lowest BCUT2D eigenvalue weighted by Crippen LogP contribution is -2.08. The highest BCUT2D eigenvalue weighted by Crippen LogP contribution is 2.22. The summed E-state index contributed by atoms with van der Waals surface area (Å²) in [5.74, 6) is 0.743. The van der Waals surface area contributed by atoms with Gasteiger partial charge in [-0.15, -0.1) is 0 Å². The molecule has 0 fully saturated rings. The van der Waals surface area contributed by atoms with Crippen molar-refractivity contribution in [2.75, 3.05) is 0 Å². The average molecular weight is 251 g/mol. The molecule has 2 heterocycles. The van der Waals surface area contributed by atoms with Gasteiger partial charge < -0.3 is 5.73 Å². The Morgan fingerprint density at radius 3 is 2.65 bits per heavy atom. The van der Waals surface area contributed by atoms with Crippen LogP contribution in [0.1, 0.15) is 29.9 Å². The number of pyridine rings is 1. The fourth-order valence-electron chi connectivity index (χ4n) is 1.68. The van der Waals surface area contributed by atoms with Crippen molar-refractivity contribution in [2.24, 2.45) is 5.73 Å². The van der Waals surface area contributed by atoms with Gasteiger partial charge in [0, 0.05) is 12.2 Å². The lowest BCUT2D eigenvalue weighted by Gasteiger charge is -2.08. The van der Waals surface area contributed by atoms with Crippen LogP contribution in [0.15, 0.2) is 18.3 Å². The van der Waals surface area contributed by atoms with Crippen LogP contribution in [-0.2, 0) is 0 Å². The van der Waals surface area contributed by atoms with Crippen molar-refractivity contribution in [1.82, 2.24) is 14.8 Å². The van der Waals surface area contributed by atoms with E-state index in [2.05, 4.69) is 10.1 Å². The van der Waals surface area contributed by atoms with E-state index in [9.17, 15) is 0 Å². The van der Waals surface area contributed by atoms with E-state index in [0.717, 1.165) is 22.8 Å². The van der Waals surface area contributed by atoms with Gasteiger partial charge in [-0.05, 0) is 38.5 Å². The Kier molecular flexibility index (Phi) is 3.17. The minimum atomic E-state index is -0.0239. The first-order valence-corrected chi connectivity index (χ1v) is 5.82. The summed E-state index contributed by atoms with van der Waals surface area (Å²) in [7, 11) is 0. The molecule has 5 heteroatoms. The summed E-state index contributed by atoms with van der Waals surface area (Å²) in [6.45, 7) is 5.73. The minimum Gasteiger partial charge on any atom is -0.324 e. The van der Waals surface area contributed by atoms with Gasteiger partial charge in [-0.3, -0.25) is 0 Å². The average Bonchev–Trinajstić information content (AvgIpc) is 2.57. The quantitative estimate of drug-likeness (QED) is 0.891. The lowest BCUT2D eigenvalue weighted by atomic mass is 10.1. The number of aryl methyl sites for hydroxylation is 1. The third-order valence-electron chi connectivity index (χ3n) is 2.72. The highest BCUT2D eigenvalue weighted by atomic mass is 35.5. The van der Waals surface area contributed by atoms with E-state index in [-0.39, 0.29) is 6.04 Å². The van der Waals surface area contributed by atoms with Crippen molar-refractivity contribution in [3.8, 4) is 5.82 Å². The van der Waals surface area contributed by atoms with Crippen molar-refractivity contribution in [3.05, 3.63) is 40.3 Å². The molecule has 2 aromatic heterocycles. The molecule has 0 radical (unpaired) electrons. The van der Waals surface area contributed by atoms with Crippen LogP contribution in [-0.4, -0.2) is 14.8 Å². The topological polar surface area (TPSA) is 56.7 Å². The first kappa shape index (κ1) is 12.1. The van der Waals surface area contributed by atoms with Gasteiger partial charge in [-0.2, -0.15) is 5.10 Å². The van der Waals surface area contributed by atoms with Crippen molar-refractivity contribution in [1.29, 1.82) is 0 Å². The number of rotatable bonds is 2. The Bertz CT molecular complexity index is 545. The number of halogens is 1. The van der Waals surface area contributed by atoms with Gasteiger partial charge in [-0.25, -0.2) is 9.67 Å². The fourth-order valence-corrected chi connectivity index (χ4v) is 1.80. The fraction of sp³-hybridized carbons (Fsp3) is 0.333. The van der Waals surface area contributed by atoms with Crippen molar-refractivity contribution >= 4 is 11.6 Å². The molecule has 0 aliphatic rings. The molecule has 2 rings (SSSR count). The maximum Gasteiger partial charge on any atom is 0.153 e. The molecule has 0 aromatic carbocycles. The highest BCUT2D eigenvalue weighted by molar-refractivity contribution is 6.31. The predicted molar refractivity (Wildman–Crippen MR) is 68.4 cm³/mol. The van der Waals surface area contributed by atoms with Crippen LogP contribution in [0.4, 0.5) is 0 Å². The molecule has 0 aliphatic carbocycles. The molecular formula is C12H15ClN4. The Labute approximate surface area is 105 Å². The zero-order valence-corrected chi connectivity index (χ0v) is 10.9. The van der Waals surface area contributed by atoms with E-state index >= 15 is 0 Å². The number of hydrogen-bond donors (Lipinski definition) is 1. The number of nitrogens with two attached hydrogens (primary N) is 1. The molecule has 2 N–H and O–H groups in total. The summed E-state index contributed by atoms with van der Waals surface area (Å²) in [6, 6.07) is 3.81. The van der Waals surface area contributed by atoms with Gasteiger partial charge in [0.25, 0.3) is 0 Å². The zero-order chi connectivity index (χ0) is 12.6. The molecule has 0 saturated carbocycles. The molecule has 1 atom stereocenters. The molecule has 0 saturated heterocycles. The van der Waals surface area contributed by atoms with Crippen molar-refractivity contribution in [2.45, 2.75) is 26.8 Å². The molecule has 17 heavy (non-hydrogen) atoms. The summed E-state index contributed by atoms with van der Waals surface area (Å²) in [5, 5.41) is 5.04. The monoisotopic (exact) mass is 250 g/mol. The number of nitrogens with zero attached hydrogens (tertiary/aromatic N) is 3. The third-order valence-corrected chi connectivity index (χ3v) is 3.26. The van der Waals surface area contributed by atoms with Gasteiger partial charge in [0.1, 0.15) is 0 Å². The van der Waals surface area contributed by atoms with E-state index in [4.69, 9.17) is 17.3 Å². The van der Waals surface area contributed by atoms with Crippen LogP contribution in [0.5, 0.6) is 0 Å². The minimum absolute atomic E-state index is 0.0239. The number of hydrogen-bond acceptors (Lipinski definition) is 3. The smallest absolute Gasteiger partial charge is 0.153 e. The van der Waals surface area contributed by atoms with Crippen LogP contribution in [0, 0.1) is 13.8 Å². The van der Waals surface area contributed by atoms with E-state index in [1.165, 1.54) is 0 Å². The molecule has 2 aromatic rings.